The number of thioether (sulfide) groups is 1. The van der Waals surface area contributed by atoms with Crippen LogP contribution in [0.2, 0.25) is 0 Å². The number of aromatic nitrogens is 2. The lowest BCUT2D eigenvalue weighted by Gasteiger charge is -2.27. The Morgan fingerprint density at radius 3 is 2.95 bits per heavy atom. The summed E-state index contributed by atoms with van der Waals surface area (Å²) >= 11 is 1.56. The van der Waals surface area contributed by atoms with Crippen molar-refractivity contribution in [3.63, 3.8) is 0 Å². The Labute approximate surface area is 116 Å². The summed E-state index contributed by atoms with van der Waals surface area (Å²) in [5.41, 5.74) is -0.0496. The highest BCUT2D eigenvalue weighted by Gasteiger charge is 2.28. The minimum Gasteiger partial charge on any atom is -0.343 e. The molecule has 0 aliphatic carbocycles. The third-order valence-corrected chi connectivity index (χ3v) is 4.85. The van der Waals surface area contributed by atoms with E-state index >= 15 is 0 Å². The second kappa shape index (κ2) is 5.36. The number of amides is 1. The molecule has 1 fully saturated rings. The molecule has 0 aromatic carbocycles. The average molecular weight is 279 g/mol. The monoisotopic (exact) mass is 279 g/mol. The van der Waals surface area contributed by atoms with E-state index in [9.17, 15) is 9.59 Å². The van der Waals surface area contributed by atoms with E-state index in [1.54, 1.807) is 16.3 Å². The maximum Gasteiger partial charge on any atom is 0.254 e. The van der Waals surface area contributed by atoms with Gasteiger partial charge in [-0.3, -0.25) is 14.2 Å². The molecule has 1 saturated heterocycles. The van der Waals surface area contributed by atoms with Gasteiger partial charge in [-0.1, -0.05) is 11.8 Å². The minimum atomic E-state index is -0.0496. The first-order chi connectivity index (χ1) is 9.25. The van der Waals surface area contributed by atoms with Crippen LogP contribution < -0.4 is 5.56 Å². The van der Waals surface area contributed by atoms with Gasteiger partial charge in [0, 0.05) is 37.5 Å². The summed E-state index contributed by atoms with van der Waals surface area (Å²) in [7, 11) is 0. The average Bonchev–Trinajstić information content (AvgIpc) is 2.84. The zero-order chi connectivity index (χ0) is 13.2. The molecular formula is C13H17N3O2S. The number of carbonyl (C=O) groups is 1. The predicted molar refractivity (Wildman–Crippen MR) is 73.3 cm³/mol. The molecule has 3 rings (SSSR count). The Kier molecular flexibility index (Phi) is 3.59. The maximum atomic E-state index is 12.3. The van der Waals surface area contributed by atoms with E-state index in [0.717, 1.165) is 36.8 Å². The molecule has 6 heteroatoms. The normalized spacial score (nSPS) is 22.3. The van der Waals surface area contributed by atoms with Gasteiger partial charge in [0.1, 0.15) is 0 Å². The summed E-state index contributed by atoms with van der Waals surface area (Å²) in [5.74, 6) is 0.945. The van der Waals surface area contributed by atoms with Crippen molar-refractivity contribution in [3.8, 4) is 0 Å². The lowest BCUT2D eigenvalue weighted by molar-refractivity contribution is -0.132. The van der Waals surface area contributed by atoms with Crippen molar-refractivity contribution in [3.05, 3.63) is 22.6 Å². The third kappa shape index (κ3) is 2.54. The number of hydrogen-bond acceptors (Lipinski definition) is 4. The molecule has 0 spiro atoms. The SMILES string of the molecule is O=C(CC1CSc2nccc(=O)n21)N1CCCCC1. The molecular weight excluding hydrogens is 262 g/mol. The maximum absolute atomic E-state index is 12.3. The first-order valence-corrected chi connectivity index (χ1v) is 7.72. The topological polar surface area (TPSA) is 55.2 Å². The standard InChI is InChI=1S/C13H17N3O2S/c17-11-4-5-14-13-16(11)10(9-19-13)8-12(18)15-6-2-1-3-7-15/h4-5,10H,1-3,6-9H2. The van der Waals surface area contributed by atoms with Crippen molar-refractivity contribution in [2.45, 2.75) is 36.9 Å². The molecule has 0 radical (unpaired) electrons. The highest BCUT2D eigenvalue weighted by atomic mass is 32.2. The van der Waals surface area contributed by atoms with Gasteiger partial charge in [0.2, 0.25) is 5.91 Å². The molecule has 0 bridgehead atoms. The third-order valence-electron chi connectivity index (χ3n) is 3.73. The van der Waals surface area contributed by atoms with Gasteiger partial charge in [-0.25, -0.2) is 4.98 Å². The van der Waals surface area contributed by atoms with Crippen molar-refractivity contribution in [1.29, 1.82) is 0 Å². The van der Waals surface area contributed by atoms with Gasteiger partial charge < -0.3 is 4.90 Å². The van der Waals surface area contributed by atoms with Crippen LogP contribution in [-0.2, 0) is 4.79 Å². The zero-order valence-electron chi connectivity index (χ0n) is 10.7. The molecule has 1 atom stereocenters. The Morgan fingerprint density at radius 1 is 1.37 bits per heavy atom. The van der Waals surface area contributed by atoms with Crippen LogP contribution >= 0.6 is 11.8 Å². The quantitative estimate of drug-likeness (QED) is 0.766. The van der Waals surface area contributed by atoms with Crippen molar-refractivity contribution < 1.29 is 4.79 Å². The van der Waals surface area contributed by atoms with Crippen LogP contribution in [0.5, 0.6) is 0 Å². The Bertz CT molecular complexity index is 537. The van der Waals surface area contributed by atoms with Gasteiger partial charge in [0.15, 0.2) is 5.16 Å². The van der Waals surface area contributed by atoms with E-state index in [-0.39, 0.29) is 17.5 Å². The second-order valence-corrected chi connectivity index (χ2v) is 6.03. The Hall–Kier alpha value is -1.30. The number of nitrogens with zero attached hydrogens (tertiary/aromatic N) is 3. The fourth-order valence-electron chi connectivity index (χ4n) is 2.71. The number of fused-ring (bicyclic) bond motifs is 1. The van der Waals surface area contributed by atoms with Crippen molar-refractivity contribution in [1.82, 2.24) is 14.5 Å². The zero-order valence-corrected chi connectivity index (χ0v) is 11.6. The molecule has 102 valence electrons. The second-order valence-electron chi connectivity index (χ2n) is 5.05. The lowest BCUT2D eigenvalue weighted by Crippen LogP contribution is -2.37. The van der Waals surface area contributed by atoms with E-state index in [1.807, 2.05) is 4.90 Å². The van der Waals surface area contributed by atoms with E-state index in [4.69, 9.17) is 0 Å². The van der Waals surface area contributed by atoms with Crippen LogP contribution in [-0.4, -0.2) is 39.2 Å². The van der Waals surface area contributed by atoms with E-state index in [2.05, 4.69) is 4.98 Å². The van der Waals surface area contributed by atoms with Gasteiger partial charge in [-0.15, -0.1) is 0 Å². The van der Waals surface area contributed by atoms with E-state index < -0.39 is 0 Å². The fraction of sp³-hybridized carbons (Fsp3) is 0.615. The van der Waals surface area contributed by atoms with Gasteiger partial charge in [-0.2, -0.15) is 0 Å². The molecule has 0 N–H and O–H groups in total. The molecule has 0 saturated carbocycles. The molecule has 1 amide bonds. The van der Waals surface area contributed by atoms with Crippen LogP contribution in [0.15, 0.2) is 22.2 Å². The molecule has 5 nitrogen and oxygen atoms in total. The molecule has 1 unspecified atom stereocenters. The number of piperidine rings is 1. The van der Waals surface area contributed by atoms with Crippen LogP contribution in [0.25, 0.3) is 0 Å². The van der Waals surface area contributed by atoms with Crippen LogP contribution in [0.3, 0.4) is 0 Å². The van der Waals surface area contributed by atoms with Crippen LogP contribution in [0, 0.1) is 0 Å². The van der Waals surface area contributed by atoms with Crippen LogP contribution in [0.4, 0.5) is 0 Å². The van der Waals surface area contributed by atoms with Gasteiger partial charge in [0.05, 0.1) is 6.04 Å². The minimum absolute atomic E-state index is 0.0318. The predicted octanol–water partition coefficient (Wildman–Crippen LogP) is 1.29. The van der Waals surface area contributed by atoms with Gasteiger partial charge in [0.25, 0.3) is 5.56 Å². The van der Waals surface area contributed by atoms with Crippen molar-refractivity contribution >= 4 is 17.7 Å². The Balaban J connectivity index is 1.72. The largest absolute Gasteiger partial charge is 0.343 e. The summed E-state index contributed by atoms with van der Waals surface area (Å²) in [6, 6.07) is 1.43. The molecule has 1 aromatic heterocycles. The summed E-state index contributed by atoms with van der Waals surface area (Å²) in [6.45, 7) is 1.74. The number of carbonyl (C=O) groups excluding carboxylic acids is 1. The molecule has 3 heterocycles. The molecule has 19 heavy (non-hydrogen) atoms. The van der Waals surface area contributed by atoms with E-state index in [1.165, 1.54) is 18.7 Å². The molecule has 1 aromatic rings. The number of likely N-dealkylation sites (tertiary alicyclic amines) is 1. The van der Waals surface area contributed by atoms with Crippen LogP contribution in [0.1, 0.15) is 31.7 Å². The van der Waals surface area contributed by atoms with Gasteiger partial charge in [-0.05, 0) is 19.3 Å². The van der Waals surface area contributed by atoms with Crippen molar-refractivity contribution in [2.24, 2.45) is 0 Å². The number of rotatable bonds is 2. The summed E-state index contributed by atoms with van der Waals surface area (Å²) in [5, 5.41) is 0.740. The molecule has 2 aliphatic heterocycles. The first-order valence-electron chi connectivity index (χ1n) is 6.74. The summed E-state index contributed by atoms with van der Waals surface area (Å²) < 4.78 is 1.67. The first kappa shape index (κ1) is 12.7. The molecule has 2 aliphatic rings. The Morgan fingerprint density at radius 2 is 2.16 bits per heavy atom. The fourth-order valence-corrected chi connectivity index (χ4v) is 3.84. The van der Waals surface area contributed by atoms with Gasteiger partial charge >= 0.3 is 0 Å². The van der Waals surface area contributed by atoms with E-state index in [0.29, 0.717) is 6.42 Å². The highest BCUT2D eigenvalue weighted by Crippen LogP contribution is 2.32. The summed E-state index contributed by atoms with van der Waals surface area (Å²) in [4.78, 5) is 30.2. The van der Waals surface area contributed by atoms with Crippen molar-refractivity contribution in [2.75, 3.05) is 18.8 Å². The number of hydrogen-bond donors (Lipinski definition) is 0. The summed E-state index contributed by atoms with van der Waals surface area (Å²) in [6.07, 6.45) is 5.38. The lowest BCUT2D eigenvalue weighted by atomic mass is 10.1. The highest BCUT2D eigenvalue weighted by molar-refractivity contribution is 7.99. The smallest absolute Gasteiger partial charge is 0.254 e.